The normalized spacial score (nSPS) is 13.3. The highest BCUT2D eigenvalue weighted by Gasteiger charge is 2.30. The van der Waals surface area contributed by atoms with Gasteiger partial charge in [0.05, 0.1) is 11.2 Å². The number of nitrogens with zero attached hydrogens (tertiary/aromatic N) is 2. The Morgan fingerprint density at radius 3 is 2.70 bits per heavy atom. The number of para-hydroxylation sites is 1. The predicted octanol–water partition coefficient (Wildman–Crippen LogP) is 3.65. The SMILES string of the molecule is Cc1cc(N=CC=C(N)C(F)(F)F)c2ccccc2n1. The number of halogens is 3. The van der Waals surface area contributed by atoms with Gasteiger partial charge >= 0.3 is 6.18 Å². The Morgan fingerprint density at radius 2 is 2.00 bits per heavy atom. The van der Waals surface area contributed by atoms with Crippen molar-refractivity contribution in [3.8, 4) is 0 Å². The molecule has 1 aromatic heterocycles. The quantitative estimate of drug-likeness (QED) is 0.853. The third kappa shape index (κ3) is 3.14. The maximum atomic E-state index is 12.2. The molecule has 0 aliphatic rings. The van der Waals surface area contributed by atoms with Crippen LogP contribution in [0.5, 0.6) is 0 Å². The predicted molar refractivity (Wildman–Crippen MR) is 73.0 cm³/mol. The van der Waals surface area contributed by atoms with E-state index in [4.69, 9.17) is 5.73 Å². The van der Waals surface area contributed by atoms with Crippen molar-refractivity contribution in [3.05, 3.63) is 47.8 Å². The lowest BCUT2D eigenvalue weighted by molar-refractivity contribution is -0.0925. The van der Waals surface area contributed by atoms with E-state index in [2.05, 4.69) is 9.98 Å². The number of aromatic nitrogens is 1. The number of aliphatic imine (C=N–C) groups is 1. The van der Waals surface area contributed by atoms with E-state index in [0.717, 1.165) is 28.9 Å². The summed E-state index contributed by atoms with van der Waals surface area (Å²) in [5.41, 5.74) is 5.74. The van der Waals surface area contributed by atoms with Gasteiger partial charge in [-0.3, -0.25) is 9.98 Å². The fourth-order valence-corrected chi connectivity index (χ4v) is 1.68. The van der Waals surface area contributed by atoms with E-state index >= 15 is 0 Å². The second-order valence-corrected chi connectivity index (χ2v) is 4.20. The van der Waals surface area contributed by atoms with Crippen molar-refractivity contribution < 1.29 is 13.2 Å². The van der Waals surface area contributed by atoms with Gasteiger partial charge < -0.3 is 5.73 Å². The molecule has 0 aliphatic heterocycles. The minimum Gasteiger partial charge on any atom is -0.395 e. The van der Waals surface area contributed by atoms with E-state index < -0.39 is 11.9 Å². The van der Waals surface area contributed by atoms with E-state index in [0.29, 0.717) is 5.69 Å². The van der Waals surface area contributed by atoms with Crippen LogP contribution in [0, 0.1) is 6.92 Å². The lowest BCUT2D eigenvalue weighted by Gasteiger charge is -2.04. The van der Waals surface area contributed by atoms with Crippen LogP contribution in [0.15, 0.2) is 47.1 Å². The monoisotopic (exact) mass is 279 g/mol. The van der Waals surface area contributed by atoms with Gasteiger partial charge in [0, 0.05) is 17.3 Å². The third-order valence-corrected chi connectivity index (χ3v) is 2.62. The zero-order valence-corrected chi connectivity index (χ0v) is 10.6. The number of aryl methyl sites for hydroxylation is 1. The van der Waals surface area contributed by atoms with Gasteiger partial charge in [0.2, 0.25) is 0 Å². The lowest BCUT2D eigenvalue weighted by atomic mass is 10.1. The summed E-state index contributed by atoms with van der Waals surface area (Å²) in [5.74, 6) is 0. The Hall–Kier alpha value is -2.37. The van der Waals surface area contributed by atoms with E-state index in [9.17, 15) is 13.2 Å². The highest BCUT2D eigenvalue weighted by molar-refractivity contribution is 5.92. The molecule has 104 valence electrons. The molecule has 0 unspecified atom stereocenters. The molecule has 0 atom stereocenters. The van der Waals surface area contributed by atoms with Crippen LogP contribution < -0.4 is 5.73 Å². The molecule has 2 N–H and O–H groups in total. The highest BCUT2D eigenvalue weighted by atomic mass is 19.4. The number of nitrogens with two attached hydrogens (primary N) is 1. The molecule has 0 spiro atoms. The summed E-state index contributed by atoms with van der Waals surface area (Å²) < 4.78 is 36.7. The number of benzene rings is 1. The number of pyridine rings is 1. The summed E-state index contributed by atoms with van der Waals surface area (Å²) in [4.78, 5) is 8.35. The van der Waals surface area contributed by atoms with Crippen LogP contribution in [0.1, 0.15) is 5.69 Å². The largest absolute Gasteiger partial charge is 0.430 e. The van der Waals surface area contributed by atoms with Gasteiger partial charge in [-0.05, 0) is 25.1 Å². The fraction of sp³-hybridized carbons (Fsp3) is 0.143. The Balaban J connectivity index is 2.39. The third-order valence-electron chi connectivity index (χ3n) is 2.62. The zero-order chi connectivity index (χ0) is 14.8. The molecule has 0 aliphatic carbocycles. The molecule has 0 amide bonds. The maximum absolute atomic E-state index is 12.2. The first-order valence-corrected chi connectivity index (χ1v) is 5.81. The Morgan fingerprint density at radius 1 is 1.30 bits per heavy atom. The molecule has 0 saturated carbocycles. The summed E-state index contributed by atoms with van der Waals surface area (Å²) in [5, 5.41) is 0.772. The number of fused-ring (bicyclic) bond motifs is 1. The van der Waals surface area contributed by atoms with E-state index in [-0.39, 0.29) is 0 Å². The van der Waals surface area contributed by atoms with Gasteiger partial charge in [0.1, 0.15) is 5.70 Å². The molecule has 0 saturated heterocycles. The van der Waals surface area contributed by atoms with Gasteiger partial charge in [-0.1, -0.05) is 18.2 Å². The van der Waals surface area contributed by atoms with Crippen molar-refractivity contribution >= 4 is 22.8 Å². The Labute approximate surface area is 113 Å². The van der Waals surface area contributed by atoms with Gasteiger partial charge in [-0.2, -0.15) is 13.2 Å². The van der Waals surface area contributed by atoms with Crippen molar-refractivity contribution in [1.82, 2.24) is 4.98 Å². The van der Waals surface area contributed by atoms with Crippen molar-refractivity contribution in [2.75, 3.05) is 0 Å². The average molecular weight is 279 g/mol. The van der Waals surface area contributed by atoms with Crippen LogP contribution in [0.25, 0.3) is 10.9 Å². The fourth-order valence-electron chi connectivity index (χ4n) is 1.68. The summed E-state index contributed by atoms with van der Waals surface area (Å²) in [6.07, 6.45) is -2.75. The molecule has 2 aromatic rings. The maximum Gasteiger partial charge on any atom is 0.430 e. The minimum absolute atomic E-state index is 0.555. The number of alkyl halides is 3. The van der Waals surface area contributed by atoms with Crippen LogP contribution in [0.2, 0.25) is 0 Å². The molecule has 6 heteroatoms. The van der Waals surface area contributed by atoms with Crippen molar-refractivity contribution in [2.24, 2.45) is 10.7 Å². The number of hydrogen-bond donors (Lipinski definition) is 1. The van der Waals surface area contributed by atoms with E-state index in [1.54, 1.807) is 13.0 Å². The van der Waals surface area contributed by atoms with Gasteiger partial charge in [0.15, 0.2) is 0 Å². The second kappa shape index (κ2) is 5.32. The topological polar surface area (TPSA) is 51.3 Å². The summed E-state index contributed by atoms with van der Waals surface area (Å²) >= 11 is 0. The lowest BCUT2D eigenvalue weighted by Crippen LogP contribution is -2.19. The minimum atomic E-state index is -4.54. The number of hydrogen-bond acceptors (Lipinski definition) is 3. The van der Waals surface area contributed by atoms with Gasteiger partial charge in [0.25, 0.3) is 0 Å². The van der Waals surface area contributed by atoms with Crippen molar-refractivity contribution in [1.29, 1.82) is 0 Å². The summed E-state index contributed by atoms with van der Waals surface area (Å²) in [7, 11) is 0. The number of rotatable bonds is 2. The van der Waals surface area contributed by atoms with E-state index in [1.165, 1.54) is 0 Å². The number of allylic oxidation sites excluding steroid dienone is 2. The average Bonchev–Trinajstić information content (AvgIpc) is 2.37. The van der Waals surface area contributed by atoms with Crippen LogP contribution in [-0.4, -0.2) is 17.4 Å². The van der Waals surface area contributed by atoms with Crippen LogP contribution >= 0.6 is 0 Å². The molecule has 0 radical (unpaired) electrons. The van der Waals surface area contributed by atoms with Gasteiger partial charge in [-0.15, -0.1) is 0 Å². The molecule has 20 heavy (non-hydrogen) atoms. The van der Waals surface area contributed by atoms with E-state index in [1.807, 2.05) is 24.3 Å². The molecule has 3 nitrogen and oxygen atoms in total. The molecule has 0 bridgehead atoms. The van der Waals surface area contributed by atoms with Crippen molar-refractivity contribution in [2.45, 2.75) is 13.1 Å². The summed E-state index contributed by atoms with van der Waals surface area (Å²) in [6, 6.07) is 8.99. The molecule has 0 fully saturated rings. The first-order chi connectivity index (χ1) is 9.38. The zero-order valence-electron chi connectivity index (χ0n) is 10.6. The van der Waals surface area contributed by atoms with Crippen LogP contribution in [-0.2, 0) is 0 Å². The van der Waals surface area contributed by atoms with Crippen molar-refractivity contribution in [3.63, 3.8) is 0 Å². The van der Waals surface area contributed by atoms with Crippen LogP contribution in [0.3, 0.4) is 0 Å². The second-order valence-electron chi connectivity index (χ2n) is 4.20. The Bertz CT molecular complexity index is 688. The molecule has 1 aromatic carbocycles. The van der Waals surface area contributed by atoms with Crippen LogP contribution in [0.4, 0.5) is 18.9 Å². The summed E-state index contributed by atoms with van der Waals surface area (Å²) in [6.45, 7) is 1.80. The Kier molecular flexibility index (Phi) is 3.74. The highest BCUT2D eigenvalue weighted by Crippen LogP contribution is 2.25. The van der Waals surface area contributed by atoms with Gasteiger partial charge in [-0.25, -0.2) is 0 Å². The first kappa shape index (κ1) is 14.0. The molecular weight excluding hydrogens is 267 g/mol. The molecular formula is C14H12F3N3. The smallest absolute Gasteiger partial charge is 0.395 e. The first-order valence-electron chi connectivity index (χ1n) is 5.81. The standard InChI is InChI=1S/C14H12F3N3/c1-9-8-12(10-4-2-3-5-11(10)20-9)19-7-6-13(18)14(15,16)17/h2-8H,18H2,1H3. The molecule has 1 heterocycles. The molecule has 2 rings (SSSR count).